The topological polar surface area (TPSA) is 57.8 Å². The van der Waals surface area contributed by atoms with Gasteiger partial charge in [-0.1, -0.05) is 18.9 Å². The van der Waals surface area contributed by atoms with Crippen molar-refractivity contribution in [3.8, 4) is 5.75 Å². The molecule has 2 fully saturated rings. The molecule has 0 bridgehead atoms. The summed E-state index contributed by atoms with van der Waals surface area (Å²) in [4.78, 5) is 20.1. The summed E-state index contributed by atoms with van der Waals surface area (Å²) >= 11 is 0. The Kier molecular flexibility index (Phi) is 6.57. The summed E-state index contributed by atoms with van der Waals surface area (Å²) in [7, 11) is 1.58. The number of nitrogens with zero attached hydrogens (tertiary/aromatic N) is 2. The summed E-state index contributed by atoms with van der Waals surface area (Å²) in [5, 5.41) is 0. The third-order valence-electron chi connectivity index (χ3n) is 6.08. The number of morpholine rings is 1. The van der Waals surface area contributed by atoms with Crippen LogP contribution in [0.1, 0.15) is 31.2 Å². The minimum Gasteiger partial charge on any atom is -0.496 e. The lowest BCUT2D eigenvalue weighted by molar-refractivity contribution is 0.122. The van der Waals surface area contributed by atoms with Gasteiger partial charge >= 0.3 is 0 Å². The van der Waals surface area contributed by atoms with Crippen molar-refractivity contribution in [3.63, 3.8) is 0 Å². The number of benzene rings is 1. The van der Waals surface area contributed by atoms with Crippen molar-refractivity contribution in [2.24, 2.45) is 0 Å². The fourth-order valence-electron chi connectivity index (χ4n) is 4.52. The van der Waals surface area contributed by atoms with E-state index in [0.29, 0.717) is 19.0 Å². The summed E-state index contributed by atoms with van der Waals surface area (Å²) in [6.07, 6.45) is 5.15. The van der Waals surface area contributed by atoms with Crippen molar-refractivity contribution in [1.82, 2.24) is 4.98 Å². The molecule has 1 aromatic carbocycles. The van der Waals surface area contributed by atoms with Crippen LogP contribution >= 0.6 is 0 Å². The van der Waals surface area contributed by atoms with Crippen LogP contribution in [-0.4, -0.2) is 51.0 Å². The highest BCUT2D eigenvalue weighted by molar-refractivity contribution is 5.56. The van der Waals surface area contributed by atoms with Gasteiger partial charge in [0, 0.05) is 49.6 Å². The Labute approximate surface area is 176 Å². The van der Waals surface area contributed by atoms with E-state index in [-0.39, 0.29) is 17.4 Å². The fraction of sp³-hybridized carbons (Fsp3) is 0.522. The fourth-order valence-corrected chi connectivity index (χ4v) is 4.52. The molecule has 0 amide bonds. The van der Waals surface area contributed by atoms with E-state index in [2.05, 4.69) is 20.9 Å². The van der Waals surface area contributed by atoms with Gasteiger partial charge in [-0.25, -0.2) is 4.39 Å². The lowest BCUT2D eigenvalue weighted by Crippen LogP contribution is -2.39. The predicted octanol–water partition coefficient (Wildman–Crippen LogP) is 3.35. The molecule has 2 saturated heterocycles. The molecule has 0 unspecified atom stereocenters. The van der Waals surface area contributed by atoms with Crippen LogP contribution in [0.25, 0.3) is 0 Å². The van der Waals surface area contributed by atoms with Crippen molar-refractivity contribution in [1.29, 1.82) is 0 Å². The molecular weight excluding hydrogens is 385 g/mol. The molecule has 0 aliphatic carbocycles. The highest BCUT2D eigenvalue weighted by Gasteiger charge is 2.25. The third kappa shape index (κ3) is 4.78. The van der Waals surface area contributed by atoms with E-state index in [4.69, 9.17) is 9.47 Å². The number of hydrogen-bond acceptors (Lipinski definition) is 5. The Morgan fingerprint density at radius 1 is 1.13 bits per heavy atom. The molecule has 6 nitrogen and oxygen atoms in total. The standard InChI is InChI=1S/C23H30FN3O3/c1-29-21-14-18(24)7-6-17(21)13-19-5-3-2-4-8-27(19)22-15-20(16-23(28)25-22)26-9-11-30-12-10-26/h6-7,14-16,19H,2-5,8-13H2,1H3,(H,25,28)/t19-/m0/s1. The van der Waals surface area contributed by atoms with Crippen molar-refractivity contribution in [2.45, 2.75) is 38.1 Å². The Bertz CT molecular complexity index is 911. The van der Waals surface area contributed by atoms with Gasteiger partial charge in [-0.05, 0) is 30.9 Å². The van der Waals surface area contributed by atoms with Crippen molar-refractivity contribution in [3.05, 3.63) is 52.1 Å². The maximum Gasteiger partial charge on any atom is 0.251 e. The van der Waals surface area contributed by atoms with Gasteiger partial charge in [-0.15, -0.1) is 0 Å². The molecule has 4 rings (SSSR count). The van der Waals surface area contributed by atoms with Crippen LogP contribution in [-0.2, 0) is 11.2 Å². The normalized spacial score (nSPS) is 20.1. The number of anilines is 2. The number of aromatic nitrogens is 1. The Hall–Kier alpha value is -2.54. The first-order valence-corrected chi connectivity index (χ1v) is 10.8. The van der Waals surface area contributed by atoms with Crippen LogP contribution in [0.5, 0.6) is 5.75 Å². The summed E-state index contributed by atoms with van der Waals surface area (Å²) in [5.41, 5.74) is 1.85. The minimum absolute atomic E-state index is 0.0867. The Morgan fingerprint density at radius 3 is 2.77 bits per heavy atom. The molecule has 1 atom stereocenters. The van der Waals surface area contributed by atoms with E-state index in [0.717, 1.165) is 62.4 Å². The molecule has 3 heterocycles. The molecule has 2 aliphatic heterocycles. The van der Waals surface area contributed by atoms with Gasteiger partial charge in [-0.3, -0.25) is 4.79 Å². The predicted molar refractivity (Wildman–Crippen MR) is 116 cm³/mol. The lowest BCUT2D eigenvalue weighted by atomic mass is 9.99. The first kappa shape index (κ1) is 20.7. The van der Waals surface area contributed by atoms with Crippen LogP contribution in [0.15, 0.2) is 35.1 Å². The van der Waals surface area contributed by atoms with E-state index in [1.165, 1.54) is 18.6 Å². The van der Waals surface area contributed by atoms with Crippen LogP contribution in [0.2, 0.25) is 0 Å². The van der Waals surface area contributed by atoms with Gasteiger partial charge in [0.15, 0.2) is 0 Å². The number of ether oxygens (including phenoxy) is 2. The van der Waals surface area contributed by atoms with E-state index < -0.39 is 0 Å². The van der Waals surface area contributed by atoms with Gasteiger partial charge in [-0.2, -0.15) is 0 Å². The smallest absolute Gasteiger partial charge is 0.251 e. The molecule has 162 valence electrons. The first-order chi connectivity index (χ1) is 14.6. The monoisotopic (exact) mass is 415 g/mol. The quantitative estimate of drug-likeness (QED) is 0.812. The molecule has 1 aromatic heterocycles. The lowest BCUT2D eigenvalue weighted by Gasteiger charge is -2.34. The van der Waals surface area contributed by atoms with E-state index in [1.807, 2.05) is 6.07 Å². The van der Waals surface area contributed by atoms with Crippen LogP contribution in [0.3, 0.4) is 0 Å². The Balaban J connectivity index is 1.63. The molecule has 0 saturated carbocycles. The maximum atomic E-state index is 13.6. The van der Waals surface area contributed by atoms with E-state index in [1.54, 1.807) is 13.2 Å². The molecule has 0 radical (unpaired) electrons. The summed E-state index contributed by atoms with van der Waals surface area (Å²) in [5.74, 6) is 1.14. The molecule has 2 aliphatic rings. The highest BCUT2D eigenvalue weighted by atomic mass is 19.1. The number of pyridine rings is 1. The molecule has 2 aromatic rings. The van der Waals surface area contributed by atoms with Crippen molar-refractivity contribution >= 4 is 11.5 Å². The maximum absolute atomic E-state index is 13.6. The molecule has 7 heteroatoms. The number of rotatable bonds is 5. The van der Waals surface area contributed by atoms with Crippen LogP contribution < -0.4 is 20.1 Å². The molecule has 1 N–H and O–H groups in total. The second-order valence-electron chi connectivity index (χ2n) is 8.04. The number of methoxy groups -OCH3 is 1. The number of hydrogen-bond donors (Lipinski definition) is 1. The summed E-state index contributed by atoms with van der Waals surface area (Å²) in [6.45, 7) is 3.83. The minimum atomic E-state index is -0.295. The molecule has 0 spiro atoms. The van der Waals surface area contributed by atoms with Gasteiger partial charge in [0.1, 0.15) is 17.4 Å². The van der Waals surface area contributed by atoms with Crippen LogP contribution in [0.4, 0.5) is 15.9 Å². The van der Waals surface area contributed by atoms with Crippen LogP contribution in [0, 0.1) is 5.82 Å². The largest absolute Gasteiger partial charge is 0.496 e. The first-order valence-electron chi connectivity index (χ1n) is 10.8. The zero-order chi connectivity index (χ0) is 20.9. The zero-order valence-corrected chi connectivity index (χ0v) is 17.5. The van der Waals surface area contributed by atoms with E-state index in [9.17, 15) is 9.18 Å². The number of aromatic amines is 1. The molecule has 30 heavy (non-hydrogen) atoms. The van der Waals surface area contributed by atoms with Gasteiger partial charge in [0.25, 0.3) is 5.56 Å². The highest BCUT2D eigenvalue weighted by Crippen LogP contribution is 2.30. The average molecular weight is 416 g/mol. The Morgan fingerprint density at radius 2 is 1.97 bits per heavy atom. The summed E-state index contributed by atoms with van der Waals surface area (Å²) in [6, 6.07) is 8.71. The number of halogens is 1. The van der Waals surface area contributed by atoms with Gasteiger partial charge in [0.05, 0.1) is 20.3 Å². The average Bonchev–Trinajstić information content (AvgIpc) is 3.00. The van der Waals surface area contributed by atoms with Gasteiger partial charge in [0.2, 0.25) is 0 Å². The summed E-state index contributed by atoms with van der Waals surface area (Å²) < 4.78 is 24.5. The van der Waals surface area contributed by atoms with Crippen molar-refractivity contribution < 1.29 is 13.9 Å². The zero-order valence-electron chi connectivity index (χ0n) is 17.5. The second kappa shape index (κ2) is 9.51. The molecular formula is C23H30FN3O3. The van der Waals surface area contributed by atoms with Gasteiger partial charge < -0.3 is 24.3 Å². The number of H-pyrrole nitrogens is 1. The number of nitrogens with one attached hydrogen (secondary N) is 1. The second-order valence-corrected chi connectivity index (χ2v) is 8.04. The third-order valence-corrected chi connectivity index (χ3v) is 6.08. The van der Waals surface area contributed by atoms with E-state index >= 15 is 0 Å². The SMILES string of the molecule is COc1cc(F)ccc1C[C@@H]1CCCCCN1c1cc(N2CCOCC2)cc(=O)[nH]1. The van der Waals surface area contributed by atoms with Crippen molar-refractivity contribution in [2.75, 3.05) is 49.8 Å².